The third kappa shape index (κ3) is 3.20. The molecule has 4 N–H and O–H groups in total. The van der Waals surface area contributed by atoms with Gasteiger partial charge < -0.3 is 25.8 Å². The van der Waals surface area contributed by atoms with E-state index in [2.05, 4.69) is 49.2 Å². The van der Waals surface area contributed by atoms with Gasteiger partial charge in [0.15, 0.2) is 0 Å². The summed E-state index contributed by atoms with van der Waals surface area (Å²) >= 11 is 6.07. The van der Waals surface area contributed by atoms with E-state index in [-0.39, 0.29) is 0 Å². The zero-order chi connectivity index (χ0) is 17.4. The molecule has 0 bridgehead atoms. The van der Waals surface area contributed by atoms with Crippen molar-refractivity contribution < 1.29 is 0 Å². The summed E-state index contributed by atoms with van der Waals surface area (Å²) in [5.74, 6) is 0.795. The number of anilines is 4. The predicted octanol–water partition coefficient (Wildman–Crippen LogP) is 2.69. The first-order chi connectivity index (χ1) is 12.1. The molecule has 3 aromatic rings. The van der Waals surface area contributed by atoms with Gasteiger partial charge in [0, 0.05) is 43.8 Å². The van der Waals surface area contributed by atoms with E-state index in [4.69, 9.17) is 17.3 Å². The Balaban J connectivity index is 1.51. The Morgan fingerprint density at radius 2 is 1.84 bits per heavy atom. The third-order valence-corrected chi connectivity index (χ3v) is 4.80. The number of likely N-dealkylation sites (N-methyl/N-ethyl adjacent to an activating group) is 1. The van der Waals surface area contributed by atoms with Gasteiger partial charge in [-0.2, -0.15) is 9.97 Å². The fourth-order valence-corrected chi connectivity index (χ4v) is 3.27. The molecule has 2 aromatic heterocycles. The molecule has 0 spiro atoms. The Labute approximate surface area is 150 Å². The van der Waals surface area contributed by atoms with E-state index in [9.17, 15) is 0 Å². The highest BCUT2D eigenvalue weighted by molar-refractivity contribution is 6.36. The number of nitrogens with two attached hydrogens (primary N) is 1. The minimum absolute atomic E-state index is 0.354. The minimum atomic E-state index is 0.354. The highest BCUT2D eigenvalue weighted by Crippen LogP contribution is 2.28. The van der Waals surface area contributed by atoms with Gasteiger partial charge in [-0.15, -0.1) is 0 Å². The number of rotatable bonds is 3. The lowest BCUT2D eigenvalue weighted by molar-refractivity contribution is 0.313. The molecule has 1 saturated heterocycles. The van der Waals surface area contributed by atoms with Crippen molar-refractivity contribution in [3.8, 4) is 0 Å². The average Bonchev–Trinajstić information content (AvgIpc) is 2.98. The van der Waals surface area contributed by atoms with E-state index in [0.717, 1.165) is 31.9 Å². The molecule has 0 radical (unpaired) electrons. The van der Waals surface area contributed by atoms with Crippen molar-refractivity contribution in [3.05, 3.63) is 35.5 Å². The van der Waals surface area contributed by atoms with Crippen LogP contribution in [0.4, 0.5) is 23.1 Å². The van der Waals surface area contributed by atoms with Crippen molar-refractivity contribution in [3.63, 3.8) is 0 Å². The van der Waals surface area contributed by atoms with Gasteiger partial charge in [0.2, 0.25) is 5.95 Å². The minimum Gasteiger partial charge on any atom is -0.383 e. The molecule has 0 saturated carbocycles. The van der Waals surface area contributed by atoms with Crippen LogP contribution in [0.1, 0.15) is 0 Å². The summed E-state index contributed by atoms with van der Waals surface area (Å²) in [5, 5.41) is 4.37. The summed E-state index contributed by atoms with van der Waals surface area (Å²) in [6, 6.07) is 8.28. The largest absolute Gasteiger partial charge is 0.383 e. The molecule has 8 heteroatoms. The van der Waals surface area contributed by atoms with E-state index < -0.39 is 0 Å². The van der Waals surface area contributed by atoms with Crippen molar-refractivity contribution in [1.82, 2.24) is 19.9 Å². The number of nitrogen functional groups attached to an aromatic ring is 1. The van der Waals surface area contributed by atoms with Crippen molar-refractivity contribution in [2.24, 2.45) is 0 Å². The molecule has 0 atom stereocenters. The predicted molar refractivity (Wildman–Crippen MR) is 103 cm³/mol. The molecule has 4 rings (SSSR count). The Morgan fingerprint density at radius 1 is 1.12 bits per heavy atom. The van der Waals surface area contributed by atoms with Crippen LogP contribution in [0, 0.1) is 0 Å². The SMILES string of the molecule is CN1CCN(c2ccc(Nc3nc(N)c4c(Cl)c[nH]c4n3)cc2)CC1. The first-order valence-electron chi connectivity index (χ1n) is 8.21. The maximum atomic E-state index is 6.07. The lowest BCUT2D eigenvalue weighted by Gasteiger charge is -2.34. The Bertz CT molecular complexity index is 882. The van der Waals surface area contributed by atoms with Gasteiger partial charge in [-0.05, 0) is 31.3 Å². The molecule has 1 aliphatic rings. The van der Waals surface area contributed by atoms with Crippen molar-refractivity contribution in [2.45, 2.75) is 0 Å². The molecular weight excluding hydrogens is 338 g/mol. The standard InChI is InChI=1S/C17H20ClN7/c1-24-6-8-25(9-7-24)12-4-2-11(3-5-12)21-17-22-15(19)14-13(18)10-20-16(14)23-17/h2-5,10H,6-9H2,1H3,(H4,19,20,21,22,23). The number of H-pyrrole nitrogens is 1. The summed E-state index contributed by atoms with van der Waals surface area (Å²) in [7, 11) is 2.16. The van der Waals surface area contributed by atoms with Gasteiger partial charge in [0.1, 0.15) is 11.5 Å². The van der Waals surface area contributed by atoms with Crippen LogP contribution in [0.2, 0.25) is 5.02 Å². The van der Waals surface area contributed by atoms with Crippen LogP contribution >= 0.6 is 11.6 Å². The fraction of sp³-hybridized carbons (Fsp3) is 0.294. The van der Waals surface area contributed by atoms with Crippen LogP contribution in [-0.2, 0) is 0 Å². The molecule has 3 heterocycles. The lowest BCUT2D eigenvalue weighted by Crippen LogP contribution is -2.44. The molecule has 0 aliphatic carbocycles. The Hall–Kier alpha value is -2.51. The van der Waals surface area contributed by atoms with E-state index in [1.807, 2.05) is 12.1 Å². The Kier molecular flexibility index (Phi) is 4.10. The first kappa shape index (κ1) is 16.0. The summed E-state index contributed by atoms with van der Waals surface area (Å²) in [6.07, 6.45) is 1.66. The number of piperazine rings is 1. The first-order valence-corrected chi connectivity index (χ1v) is 8.58. The van der Waals surface area contributed by atoms with Crippen LogP contribution in [-0.4, -0.2) is 53.1 Å². The summed E-state index contributed by atoms with van der Waals surface area (Å²) in [4.78, 5) is 16.4. The van der Waals surface area contributed by atoms with Gasteiger partial charge in [-0.25, -0.2) is 0 Å². The maximum absolute atomic E-state index is 6.07. The number of nitrogens with zero attached hydrogens (tertiary/aromatic N) is 4. The molecule has 0 unspecified atom stereocenters. The van der Waals surface area contributed by atoms with E-state index >= 15 is 0 Å². The third-order valence-electron chi connectivity index (χ3n) is 4.50. The van der Waals surface area contributed by atoms with Crippen LogP contribution in [0.3, 0.4) is 0 Å². The highest BCUT2D eigenvalue weighted by atomic mass is 35.5. The molecule has 130 valence electrons. The summed E-state index contributed by atoms with van der Waals surface area (Å²) in [5.41, 5.74) is 8.74. The molecule has 0 amide bonds. The van der Waals surface area contributed by atoms with E-state index in [1.54, 1.807) is 6.20 Å². The highest BCUT2D eigenvalue weighted by Gasteiger charge is 2.14. The fourth-order valence-electron chi connectivity index (χ4n) is 3.03. The summed E-state index contributed by atoms with van der Waals surface area (Å²) < 4.78 is 0. The number of aromatic nitrogens is 3. The number of benzene rings is 1. The zero-order valence-corrected chi connectivity index (χ0v) is 14.7. The van der Waals surface area contributed by atoms with Gasteiger partial charge in [-0.3, -0.25) is 0 Å². The second-order valence-electron chi connectivity index (χ2n) is 6.25. The van der Waals surface area contributed by atoms with Gasteiger partial charge in [-0.1, -0.05) is 11.6 Å². The van der Waals surface area contributed by atoms with Crippen LogP contribution in [0.5, 0.6) is 0 Å². The molecule has 1 aromatic carbocycles. The van der Waals surface area contributed by atoms with Gasteiger partial charge >= 0.3 is 0 Å². The number of fused-ring (bicyclic) bond motifs is 1. The lowest BCUT2D eigenvalue weighted by atomic mass is 10.2. The second-order valence-corrected chi connectivity index (χ2v) is 6.66. The molecule has 25 heavy (non-hydrogen) atoms. The Morgan fingerprint density at radius 3 is 2.56 bits per heavy atom. The normalized spacial score (nSPS) is 15.7. The quantitative estimate of drug-likeness (QED) is 0.668. The van der Waals surface area contributed by atoms with Gasteiger partial charge in [0.05, 0.1) is 10.4 Å². The number of nitrogens with one attached hydrogen (secondary N) is 2. The smallest absolute Gasteiger partial charge is 0.231 e. The number of halogens is 1. The molecule has 1 aliphatic heterocycles. The topological polar surface area (TPSA) is 86.1 Å². The summed E-state index contributed by atoms with van der Waals surface area (Å²) in [6.45, 7) is 4.28. The zero-order valence-electron chi connectivity index (χ0n) is 14.0. The number of aromatic amines is 1. The monoisotopic (exact) mass is 357 g/mol. The molecular formula is C17H20ClN7. The van der Waals surface area contributed by atoms with Crippen LogP contribution in [0.15, 0.2) is 30.5 Å². The van der Waals surface area contributed by atoms with Gasteiger partial charge in [0.25, 0.3) is 0 Å². The van der Waals surface area contributed by atoms with Crippen molar-refractivity contribution in [2.75, 3.05) is 49.2 Å². The van der Waals surface area contributed by atoms with Crippen LogP contribution in [0.25, 0.3) is 11.0 Å². The van der Waals surface area contributed by atoms with E-state index in [0.29, 0.717) is 27.8 Å². The van der Waals surface area contributed by atoms with Crippen molar-refractivity contribution in [1.29, 1.82) is 0 Å². The molecule has 7 nitrogen and oxygen atoms in total. The van der Waals surface area contributed by atoms with Crippen LogP contribution < -0.4 is 16.0 Å². The van der Waals surface area contributed by atoms with E-state index in [1.165, 1.54) is 5.69 Å². The van der Waals surface area contributed by atoms with Crippen molar-refractivity contribution >= 4 is 45.8 Å². The second kappa shape index (κ2) is 6.42. The average molecular weight is 358 g/mol. The number of hydrogen-bond donors (Lipinski definition) is 3. The number of hydrogen-bond acceptors (Lipinski definition) is 6. The molecule has 1 fully saturated rings. The maximum Gasteiger partial charge on any atom is 0.231 e.